The Balaban J connectivity index is 5.23. The van der Waals surface area contributed by atoms with Crippen molar-refractivity contribution in [3.05, 3.63) is 0 Å². The van der Waals surface area contributed by atoms with E-state index >= 15 is 0 Å². The van der Waals surface area contributed by atoms with Crippen LogP contribution in [0, 0.1) is 11.8 Å². The SMILES string of the molecule is CCCCCCCCCCCCCCCCCCCC(=O)OC[C@H](COP(=O)(O)OC[C@@H](O)COP(=O)(O)OC[C@@H](COC(=O)CCCCCCCCCCC)OC(=O)CCCCCCCCCCCC(C)C)OC(=O)CCCCCCCCCCCCCCCCC(C)CC. The molecule has 17 nitrogen and oxygen atoms in total. The molecule has 6 atom stereocenters. The highest BCUT2D eigenvalue weighted by molar-refractivity contribution is 7.47. The topological polar surface area (TPSA) is 237 Å². The van der Waals surface area contributed by atoms with Crippen LogP contribution in [0.4, 0.5) is 0 Å². The van der Waals surface area contributed by atoms with Crippen molar-refractivity contribution in [3.63, 3.8) is 0 Å². The number of aliphatic hydroxyl groups is 1. The number of rotatable bonds is 76. The third kappa shape index (κ3) is 69.2. The fourth-order valence-electron chi connectivity index (χ4n) is 11.8. The molecule has 3 N–H and O–H groups in total. The number of ether oxygens (including phenoxy) is 4. The van der Waals surface area contributed by atoms with Gasteiger partial charge in [0.25, 0.3) is 0 Å². The molecule has 0 radical (unpaired) electrons. The smallest absolute Gasteiger partial charge is 0.462 e. The molecule has 0 aromatic heterocycles. The van der Waals surface area contributed by atoms with Crippen LogP contribution >= 0.6 is 15.6 Å². The molecule has 0 fully saturated rings. The number of esters is 4. The van der Waals surface area contributed by atoms with Gasteiger partial charge in [-0.2, -0.15) is 0 Å². The summed E-state index contributed by atoms with van der Waals surface area (Å²) in [6.07, 6.45) is 56.8. The van der Waals surface area contributed by atoms with Crippen LogP contribution in [-0.4, -0.2) is 96.7 Å². The maximum absolute atomic E-state index is 13.1. The summed E-state index contributed by atoms with van der Waals surface area (Å²) in [6, 6.07) is 0. The van der Waals surface area contributed by atoms with Gasteiger partial charge in [0.05, 0.1) is 26.4 Å². The lowest BCUT2D eigenvalue weighted by molar-refractivity contribution is -0.161. The van der Waals surface area contributed by atoms with E-state index in [1.54, 1.807) is 0 Å². The van der Waals surface area contributed by atoms with Gasteiger partial charge in [-0.25, -0.2) is 9.13 Å². The first-order chi connectivity index (χ1) is 46.4. The Morgan fingerprint density at radius 1 is 0.302 bits per heavy atom. The Hall–Kier alpha value is -1.94. The van der Waals surface area contributed by atoms with Gasteiger partial charge in [-0.1, -0.05) is 350 Å². The van der Waals surface area contributed by atoms with E-state index in [1.165, 1.54) is 218 Å². The Morgan fingerprint density at radius 3 is 0.792 bits per heavy atom. The molecule has 0 aliphatic heterocycles. The third-order valence-electron chi connectivity index (χ3n) is 18.3. The van der Waals surface area contributed by atoms with Gasteiger partial charge in [0, 0.05) is 25.7 Å². The number of phosphoric acid groups is 2. The Labute approximate surface area is 588 Å². The summed E-state index contributed by atoms with van der Waals surface area (Å²) >= 11 is 0. The number of hydrogen-bond acceptors (Lipinski definition) is 15. The Bertz CT molecular complexity index is 1860. The summed E-state index contributed by atoms with van der Waals surface area (Å²) < 4.78 is 68.5. The van der Waals surface area contributed by atoms with Crippen molar-refractivity contribution in [2.45, 2.75) is 419 Å². The van der Waals surface area contributed by atoms with Gasteiger partial charge in [-0.15, -0.1) is 0 Å². The highest BCUT2D eigenvalue weighted by Gasteiger charge is 2.30. The van der Waals surface area contributed by atoms with Crippen LogP contribution in [0.2, 0.25) is 0 Å². The number of phosphoric ester groups is 2. The van der Waals surface area contributed by atoms with Gasteiger partial charge < -0.3 is 33.8 Å². The summed E-state index contributed by atoms with van der Waals surface area (Å²) in [7, 11) is -9.91. The second-order valence-electron chi connectivity index (χ2n) is 28.5. The molecule has 0 aliphatic rings. The van der Waals surface area contributed by atoms with Crippen molar-refractivity contribution in [2.75, 3.05) is 39.6 Å². The lowest BCUT2D eigenvalue weighted by Crippen LogP contribution is -2.30. The second kappa shape index (κ2) is 68.8. The zero-order valence-electron chi connectivity index (χ0n) is 62.7. The van der Waals surface area contributed by atoms with Crippen LogP contribution in [0.1, 0.15) is 401 Å². The Kier molecular flexibility index (Phi) is 67.4. The molecule has 0 heterocycles. The van der Waals surface area contributed by atoms with Crippen LogP contribution in [0.25, 0.3) is 0 Å². The number of aliphatic hydroxyl groups excluding tert-OH is 1. The van der Waals surface area contributed by atoms with Crippen LogP contribution in [0.3, 0.4) is 0 Å². The van der Waals surface area contributed by atoms with E-state index < -0.39 is 97.5 Å². The molecule has 0 rings (SSSR count). The fourth-order valence-corrected chi connectivity index (χ4v) is 13.4. The molecule has 570 valence electrons. The molecule has 0 amide bonds. The number of hydrogen-bond donors (Lipinski definition) is 3. The molecule has 0 saturated heterocycles. The van der Waals surface area contributed by atoms with Crippen molar-refractivity contribution < 1.29 is 80.2 Å². The molecule has 0 aromatic rings. The van der Waals surface area contributed by atoms with Crippen molar-refractivity contribution in [1.82, 2.24) is 0 Å². The molecule has 96 heavy (non-hydrogen) atoms. The highest BCUT2D eigenvalue weighted by Crippen LogP contribution is 2.45. The minimum atomic E-state index is -4.96. The Morgan fingerprint density at radius 2 is 0.531 bits per heavy atom. The van der Waals surface area contributed by atoms with E-state index in [-0.39, 0.29) is 25.7 Å². The average Bonchev–Trinajstić information content (AvgIpc) is 2.66. The summed E-state index contributed by atoms with van der Waals surface area (Å²) in [6.45, 7) is 9.62. The van der Waals surface area contributed by atoms with Gasteiger partial charge in [-0.05, 0) is 37.5 Å². The van der Waals surface area contributed by atoms with Crippen molar-refractivity contribution in [3.8, 4) is 0 Å². The van der Waals surface area contributed by atoms with E-state index in [1.807, 2.05) is 0 Å². The first-order valence-electron chi connectivity index (χ1n) is 40.0. The van der Waals surface area contributed by atoms with Gasteiger partial charge >= 0.3 is 39.5 Å². The van der Waals surface area contributed by atoms with Crippen LogP contribution < -0.4 is 0 Å². The summed E-state index contributed by atoms with van der Waals surface area (Å²) in [4.78, 5) is 72.8. The van der Waals surface area contributed by atoms with Gasteiger partial charge in [0.15, 0.2) is 12.2 Å². The first kappa shape index (κ1) is 94.1. The molecule has 19 heteroatoms. The number of unbranched alkanes of at least 4 members (excludes halogenated alkanes) is 45. The summed E-state index contributed by atoms with van der Waals surface area (Å²) in [5, 5.41) is 10.6. The fraction of sp³-hybridized carbons (Fsp3) is 0.948. The van der Waals surface area contributed by atoms with E-state index in [0.29, 0.717) is 25.7 Å². The van der Waals surface area contributed by atoms with Crippen LogP contribution in [0.5, 0.6) is 0 Å². The number of carbonyl (C=O) groups excluding carboxylic acids is 4. The monoisotopic (exact) mass is 1410 g/mol. The quantitative estimate of drug-likeness (QED) is 0.0222. The van der Waals surface area contributed by atoms with Gasteiger partial charge in [0.2, 0.25) is 0 Å². The third-order valence-corrected chi connectivity index (χ3v) is 20.2. The molecule has 0 spiro atoms. The average molecular weight is 1410 g/mol. The highest BCUT2D eigenvalue weighted by atomic mass is 31.2. The lowest BCUT2D eigenvalue weighted by atomic mass is 9.99. The second-order valence-corrected chi connectivity index (χ2v) is 31.4. The molecule has 0 aliphatic carbocycles. The first-order valence-corrected chi connectivity index (χ1v) is 43.0. The van der Waals surface area contributed by atoms with Crippen LogP contribution in [-0.2, 0) is 65.4 Å². The maximum Gasteiger partial charge on any atom is 0.472 e. The predicted molar refractivity (Wildman–Crippen MR) is 391 cm³/mol. The zero-order chi connectivity index (χ0) is 70.7. The summed E-state index contributed by atoms with van der Waals surface area (Å²) in [5.41, 5.74) is 0. The number of carbonyl (C=O) groups is 4. The minimum Gasteiger partial charge on any atom is -0.462 e. The minimum absolute atomic E-state index is 0.105. The molecule has 0 saturated carbocycles. The summed E-state index contributed by atoms with van der Waals surface area (Å²) in [5.74, 6) is -0.533. The predicted octanol–water partition coefficient (Wildman–Crippen LogP) is 22.7. The van der Waals surface area contributed by atoms with E-state index in [4.69, 9.17) is 37.0 Å². The van der Waals surface area contributed by atoms with Gasteiger partial charge in [0.1, 0.15) is 19.3 Å². The van der Waals surface area contributed by atoms with E-state index in [9.17, 15) is 43.2 Å². The molecular formula is C77H150O17P2. The molecule has 0 aromatic carbocycles. The molecular weight excluding hydrogens is 1260 g/mol. The van der Waals surface area contributed by atoms with Crippen molar-refractivity contribution in [2.24, 2.45) is 11.8 Å². The maximum atomic E-state index is 13.1. The normalized spacial score (nSPS) is 14.3. The zero-order valence-corrected chi connectivity index (χ0v) is 64.5. The lowest BCUT2D eigenvalue weighted by Gasteiger charge is -2.21. The van der Waals surface area contributed by atoms with E-state index in [2.05, 4.69) is 41.5 Å². The standard InChI is InChI=1S/C77H150O17P2/c1-7-10-12-14-16-18-19-20-21-22-23-27-30-36-42-48-54-60-75(80)88-66-73(93-76(81)61-55-49-43-37-31-28-25-24-26-29-35-40-46-52-58-70(6)9-3)68-92-96(85,86)90-64-71(78)63-89-95(83,84)91-67-72(65-87-74(79)59-53-47-41-33-17-15-13-11-8-2)94-77(82)62-56-50-44-38-32-34-39-45-51-57-69(4)5/h69-73,78H,7-68H2,1-6H3,(H,83,84)(H,85,86)/t70?,71-,72+,73+/m0/s1. The van der Waals surface area contributed by atoms with Gasteiger partial charge in [-0.3, -0.25) is 37.3 Å². The molecule has 3 unspecified atom stereocenters. The van der Waals surface area contributed by atoms with Crippen LogP contribution in [0.15, 0.2) is 0 Å². The largest absolute Gasteiger partial charge is 0.472 e. The van der Waals surface area contributed by atoms with E-state index in [0.717, 1.165) is 102 Å². The van der Waals surface area contributed by atoms with Crippen molar-refractivity contribution in [1.29, 1.82) is 0 Å². The molecule has 0 bridgehead atoms. The van der Waals surface area contributed by atoms with Crippen molar-refractivity contribution >= 4 is 39.5 Å².